The minimum absolute atomic E-state index is 0.705. The molecule has 0 aliphatic carbocycles. The van der Waals surface area contributed by atoms with Crippen LogP contribution in [-0.2, 0) is 0 Å². The summed E-state index contributed by atoms with van der Waals surface area (Å²) in [6.07, 6.45) is 4.73. The van der Waals surface area contributed by atoms with Crippen molar-refractivity contribution in [1.29, 1.82) is 0 Å². The highest BCUT2D eigenvalue weighted by Gasteiger charge is 2.15. The van der Waals surface area contributed by atoms with E-state index in [0.717, 1.165) is 28.6 Å². The lowest BCUT2D eigenvalue weighted by Gasteiger charge is -2.18. The molecule has 0 spiro atoms. The maximum absolute atomic E-state index is 5.03. The lowest BCUT2D eigenvalue weighted by Crippen LogP contribution is -2.06. The summed E-state index contributed by atoms with van der Waals surface area (Å²) in [7, 11) is 2.73. The van der Waals surface area contributed by atoms with Gasteiger partial charge in [-0.3, -0.25) is 4.99 Å². The van der Waals surface area contributed by atoms with Crippen LogP contribution in [0.3, 0.4) is 0 Å². The van der Waals surface area contributed by atoms with Gasteiger partial charge in [-0.15, -0.1) is 9.24 Å². The molecule has 1 nitrogen and oxygen atoms in total. The summed E-state index contributed by atoms with van der Waals surface area (Å²) in [5, 5.41) is 0.909. The van der Waals surface area contributed by atoms with Crippen LogP contribution in [0.4, 0.5) is 0 Å². The van der Waals surface area contributed by atoms with Gasteiger partial charge in [0.25, 0.3) is 0 Å². The standard InChI is InChI=1S/C24H36NP/c1-9-12-21(10-2)15-18(6)25-24(20(8)26)23(16(3)4)22-14-11-13-17(5)19(22)7/h11,13-14,21H,3,8-10,12,15,26H2,1-2,4-7H3/b24-23+,25-18?. The zero-order chi connectivity index (χ0) is 19.9. The Kier molecular flexibility index (Phi) is 9.23. The van der Waals surface area contributed by atoms with Gasteiger partial charge in [0.2, 0.25) is 0 Å². The second kappa shape index (κ2) is 10.6. The number of benzene rings is 1. The fraction of sp³-hybridized carbons (Fsp3) is 0.458. The zero-order valence-electron chi connectivity index (χ0n) is 17.6. The summed E-state index contributed by atoms with van der Waals surface area (Å²) >= 11 is 0. The molecule has 0 bridgehead atoms. The average molecular weight is 370 g/mol. The molecule has 1 aromatic carbocycles. The lowest BCUT2D eigenvalue weighted by atomic mass is 9.91. The number of allylic oxidation sites excluding steroid dienone is 3. The van der Waals surface area contributed by atoms with Gasteiger partial charge in [0.05, 0.1) is 5.70 Å². The summed E-state index contributed by atoms with van der Waals surface area (Å²) in [6.45, 7) is 21.5. The number of nitrogens with zero attached hydrogens (tertiary/aromatic N) is 1. The van der Waals surface area contributed by atoms with E-state index in [0.29, 0.717) is 5.92 Å². The van der Waals surface area contributed by atoms with E-state index in [2.05, 4.69) is 82.1 Å². The van der Waals surface area contributed by atoms with Crippen molar-refractivity contribution in [1.82, 2.24) is 0 Å². The maximum atomic E-state index is 5.03. The predicted octanol–water partition coefficient (Wildman–Crippen LogP) is 7.66. The van der Waals surface area contributed by atoms with Crippen LogP contribution in [0, 0.1) is 19.8 Å². The topological polar surface area (TPSA) is 12.4 Å². The molecule has 26 heavy (non-hydrogen) atoms. The average Bonchev–Trinajstić information content (AvgIpc) is 2.57. The molecular formula is C24H36NP. The van der Waals surface area contributed by atoms with Crippen molar-refractivity contribution < 1.29 is 0 Å². The van der Waals surface area contributed by atoms with Gasteiger partial charge in [0.15, 0.2) is 0 Å². The summed E-state index contributed by atoms with van der Waals surface area (Å²) in [5.74, 6) is 0.705. The second-order valence-corrected chi connectivity index (χ2v) is 8.09. The third-order valence-electron chi connectivity index (χ3n) is 5.00. The molecule has 0 saturated heterocycles. The number of aliphatic imine (C=N–C) groups is 1. The first-order chi connectivity index (χ1) is 12.2. The van der Waals surface area contributed by atoms with Crippen molar-refractivity contribution in [3.05, 3.63) is 64.6 Å². The van der Waals surface area contributed by atoms with Crippen molar-refractivity contribution in [3.63, 3.8) is 0 Å². The van der Waals surface area contributed by atoms with E-state index in [-0.39, 0.29) is 0 Å². The Morgan fingerprint density at radius 2 is 1.81 bits per heavy atom. The van der Waals surface area contributed by atoms with Gasteiger partial charge in [-0.2, -0.15) is 0 Å². The van der Waals surface area contributed by atoms with E-state index in [4.69, 9.17) is 4.99 Å². The number of hydrogen-bond acceptors (Lipinski definition) is 1. The molecule has 0 aliphatic rings. The number of aryl methyl sites for hydroxylation is 1. The van der Waals surface area contributed by atoms with Crippen molar-refractivity contribution >= 4 is 20.5 Å². The number of hydrogen-bond donors (Lipinski definition) is 0. The largest absolute Gasteiger partial charge is 0.257 e. The van der Waals surface area contributed by atoms with Gasteiger partial charge in [-0.25, -0.2) is 0 Å². The molecule has 142 valence electrons. The third kappa shape index (κ3) is 6.06. The smallest absolute Gasteiger partial charge is 0.0775 e. The molecule has 1 aromatic rings. The normalized spacial score (nSPS) is 14.0. The summed E-state index contributed by atoms with van der Waals surface area (Å²) in [5.41, 5.74) is 8.01. The minimum atomic E-state index is 0.705. The van der Waals surface area contributed by atoms with E-state index in [1.54, 1.807) is 0 Å². The molecule has 0 saturated carbocycles. The highest BCUT2D eigenvalue weighted by atomic mass is 31.0. The molecule has 0 amide bonds. The van der Waals surface area contributed by atoms with E-state index in [1.807, 2.05) is 0 Å². The molecule has 0 fully saturated rings. The van der Waals surface area contributed by atoms with Crippen molar-refractivity contribution in [3.8, 4) is 0 Å². The molecule has 2 unspecified atom stereocenters. The number of rotatable bonds is 9. The van der Waals surface area contributed by atoms with E-state index >= 15 is 0 Å². The third-order valence-corrected chi connectivity index (χ3v) is 5.28. The summed E-state index contributed by atoms with van der Waals surface area (Å²) in [4.78, 5) is 5.03. The van der Waals surface area contributed by atoms with Crippen molar-refractivity contribution in [2.45, 2.75) is 67.2 Å². The highest BCUT2D eigenvalue weighted by molar-refractivity contribution is 7.23. The first-order valence-corrected chi connectivity index (χ1v) is 10.3. The molecular weight excluding hydrogens is 333 g/mol. The Bertz CT molecular complexity index is 722. The van der Waals surface area contributed by atoms with Crippen LogP contribution in [0.25, 0.3) is 5.57 Å². The lowest BCUT2D eigenvalue weighted by molar-refractivity contribution is 0.480. The quantitative estimate of drug-likeness (QED) is 0.241. The van der Waals surface area contributed by atoms with Gasteiger partial charge >= 0.3 is 0 Å². The van der Waals surface area contributed by atoms with E-state index in [1.165, 1.54) is 41.7 Å². The summed E-state index contributed by atoms with van der Waals surface area (Å²) < 4.78 is 0. The van der Waals surface area contributed by atoms with Gasteiger partial charge in [-0.05, 0) is 67.6 Å². The Labute approximate surface area is 163 Å². The predicted molar refractivity (Wildman–Crippen MR) is 123 cm³/mol. The molecule has 2 atom stereocenters. The van der Waals surface area contributed by atoms with Crippen LogP contribution in [-0.4, -0.2) is 5.71 Å². The molecule has 0 radical (unpaired) electrons. The Morgan fingerprint density at radius 1 is 1.15 bits per heavy atom. The van der Waals surface area contributed by atoms with Gasteiger partial charge in [0, 0.05) is 11.3 Å². The molecule has 0 aromatic heterocycles. The molecule has 0 heterocycles. The Hall–Kier alpha value is -1.46. The van der Waals surface area contributed by atoms with Gasteiger partial charge < -0.3 is 0 Å². The minimum Gasteiger partial charge on any atom is -0.257 e. The van der Waals surface area contributed by atoms with Crippen molar-refractivity contribution in [2.75, 3.05) is 0 Å². The fourth-order valence-corrected chi connectivity index (χ4v) is 3.59. The highest BCUT2D eigenvalue weighted by Crippen LogP contribution is 2.35. The molecule has 0 aliphatic heterocycles. The van der Waals surface area contributed by atoms with Crippen molar-refractivity contribution in [2.24, 2.45) is 10.9 Å². The Balaban J connectivity index is 3.49. The van der Waals surface area contributed by atoms with Crippen LogP contribution in [0.5, 0.6) is 0 Å². The fourth-order valence-electron chi connectivity index (χ4n) is 3.38. The monoisotopic (exact) mass is 369 g/mol. The van der Waals surface area contributed by atoms with E-state index < -0.39 is 0 Å². The van der Waals surface area contributed by atoms with Crippen LogP contribution in [0.1, 0.15) is 70.1 Å². The molecule has 2 heteroatoms. The van der Waals surface area contributed by atoms with Crippen LogP contribution >= 0.6 is 9.24 Å². The van der Waals surface area contributed by atoms with Crippen LogP contribution in [0.15, 0.2) is 52.9 Å². The van der Waals surface area contributed by atoms with Gasteiger partial charge in [0.1, 0.15) is 0 Å². The maximum Gasteiger partial charge on any atom is 0.0775 e. The van der Waals surface area contributed by atoms with E-state index in [9.17, 15) is 0 Å². The zero-order valence-corrected chi connectivity index (χ0v) is 18.7. The first-order valence-electron chi connectivity index (χ1n) is 9.68. The second-order valence-electron chi connectivity index (χ2n) is 7.39. The van der Waals surface area contributed by atoms with Crippen LogP contribution in [0.2, 0.25) is 0 Å². The van der Waals surface area contributed by atoms with Crippen LogP contribution < -0.4 is 0 Å². The Morgan fingerprint density at radius 3 is 2.31 bits per heavy atom. The molecule has 0 N–H and O–H groups in total. The summed E-state index contributed by atoms with van der Waals surface area (Å²) in [6, 6.07) is 6.42. The van der Waals surface area contributed by atoms with Gasteiger partial charge in [-0.1, -0.05) is 64.5 Å². The SMILES string of the molecule is C=C(P)/C(N=C(C)CC(CC)CCC)=C(/C(=C)C)c1cccc(C)c1C. The molecule has 1 rings (SSSR count). The first kappa shape index (κ1) is 22.6.